The molecular weight excluding hydrogens is 354 g/mol. The molecule has 0 atom stereocenters. The third-order valence-corrected chi connectivity index (χ3v) is 4.16. The molecule has 0 fully saturated rings. The third-order valence-electron chi connectivity index (χ3n) is 2.94. The molecule has 0 unspecified atom stereocenters. The number of rotatable bonds is 6. The van der Waals surface area contributed by atoms with E-state index in [1.807, 2.05) is 43.3 Å². The van der Waals surface area contributed by atoms with Gasteiger partial charge in [-0.25, -0.2) is 0 Å². The van der Waals surface area contributed by atoms with Crippen LogP contribution in [0.4, 0.5) is 5.69 Å². The van der Waals surface area contributed by atoms with Crippen molar-refractivity contribution >= 4 is 33.2 Å². The zero-order chi connectivity index (χ0) is 15.2. The minimum atomic E-state index is 0.601. The van der Waals surface area contributed by atoms with Gasteiger partial charge in [0.25, 0.3) is 0 Å². The summed E-state index contributed by atoms with van der Waals surface area (Å²) in [6.45, 7) is 3.25. The van der Waals surface area contributed by atoms with E-state index < -0.39 is 0 Å². The fourth-order valence-electron chi connectivity index (χ4n) is 1.91. The average Bonchev–Trinajstić information content (AvgIpc) is 2.49. The Morgan fingerprint density at radius 2 is 1.95 bits per heavy atom. The highest BCUT2D eigenvalue weighted by Gasteiger charge is 2.05. The summed E-state index contributed by atoms with van der Waals surface area (Å²) in [4.78, 5) is 0. The summed E-state index contributed by atoms with van der Waals surface area (Å²) in [5.41, 5.74) is 2.12. The molecule has 0 saturated carbocycles. The van der Waals surface area contributed by atoms with Gasteiger partial charge in [0.1, 0.15) is 0 Å². The van der Waals surface area contributed by atoms with Gasteiger partial charge < -0.3 is 14.8 Å². The Labute approximate surface area is 138 Å². The average molecular weight is 371 g/mol. The van der Waals surface area contributed by atoms with Crippen LogP contribution in [0.25, 0.3) is 0 Å². The summed E-state index contributed by atoms with van der Waals surface area (Å²) < 4.78 is 11.7. The van der Waals surface area contributed by atoms with Crippen molar-refractivity contribution in [3.63, 3.8) is 0 Å². The highest BCUT2D eigenvalue weighted by atomic mass is 79.9. The highest BCUT2D eigenvalue weighted by molar-refractivity contribution is 9.10. The maximum Gasteiger partial charge on any atom is 0.163 e. The van der Waals surface area contributed by atoms with E-state index >= 15 is 0 Å². The molecule has 0 aliphatic heterocycles. The first-order chi connectivity index (χ1) is 10.1. The van der Waals surface area contributed by atoms with Crippen LogP contribution in [0.2, 0.25) is 5.02 Å². The number of benzene rings is 2. The Bertz CT molecular complexity index is 619. The van der Waals surface area contributed by atoms with E-state index in [4.69, 9.17) is 21.1 Å². The molecule has 0 saturated heterocycles. The molecule has 2 aromatic carbocycles. The van der Waals surface area contributed by atoms with Crippen LogP contribution < -0.4 is 14.8 Å². The molecule has 0 aliphatic carbocycles. The van der Waals surface area contributed by atoms with Crippen LogP contribution in [-0.2, 0) is 6.54 Å². The summed E-state index contributed by atoms with van der Waals surface area (Å²) >= 11 is 9.42. The minimum absolute atomic E-state index is 0.601. The third kappa shape index (κ3) is 4.29. The molecule has 0 spiro atoms. The van der Waals surface area contributed by atoms with Gasteiger partial charge in [0.2, 0.25) is 0 Å². The maximum absolute atomic E-state index is 5.99. The van der Waals surface area contributed by atoms with Gasteiger partial charge in [0.05, 0.1) is 18.7 Å². The van der Waals surface area contributed by atoms with Crippen LogP contribution in [0, 0.1) is 0 Å². The smallest absolute Gasteiger partial charge is 0.163 e. The van der Waals surface area contributed by atoms with Gasteiger partial charge in [-0.1, -0.05) is 17.7 Å². The predicted octanol–water partition coefficient (Wildman–Crippen LogP) is 5.12. The molecular formula is C16H17BrClNO2. The number of methoxy groups -OCH3 is 1. The van der Waals surface area contributed by atoms with Crippen molar-refractivity contribution in [2.45, 2.75) is 13.5 Å². The Kier molecular flexibility index (Phi) is 5.76. The van der Waals surface area contributed by atoms with Gasteiger partial charge in [-0.15, -0.1) is 0 Å². The van der Waals surface area contributed by atoms with E-state index in [-0.39, 0.29) is 0 Å². The van der Waals surface area contributed by atoms with Crippen LogP contribution in [0.3, 0.4) is 0 Å². The van der Waals surface area contributed by atoms with Gasteiger partial charge in [-0.05, 0) is 52.7 Å². The number of hydrogen-bond acceptors (Lipinski definition) is 3. The monoisotopic (exact) mass is 369 g/mol. The lowest BCUT2D eigenvalue weighted by molar-refractivity contribution is 0.311. The van der Waals surface area contributed by atoms with Crippen molar-refractivity contribution in [1.82, 2.24) is 0 Å². The van der Waals surface area contributed by atoms with E-state index in [2.05, 4.69) is 21.2 Å². The van der Waals surface area contributed by atoms with E-state index in [0.29, 0.717) is 18.2 Å². The number of halogens is 2. The molecule has 0 heterocycles. The molecule has 0 radical (unpaired) electrons. The van der Waals surface area contributed by atoms with Crippen molar-refractivity contribution in [3.05, 3.63) is 51.5 Å². The summed E-state index contributed by atoms with van der Waals surface area (Å²) in [6, 6.07) is 11.7. The van der Waals surface area contributed by atoms with Gasteiger partial charge in [-0.3, -0.25) is 0 Å². The zero-order valence-electron chi connectivity index (χ0n) is 12.0. The van der Waals surface area contributed by atoms with Crippen molar-refractivity contribution in [1.29, 1.82) is 0 Å². The van der Waals surface area contributed by atoms with Gasteiger partial charge in [0, 0.05) is 22.8 Å². The van der Waals surface area contributed by atoms with Gasteiger partial charge in [-0.2, -0.15) is 0 Å². The molecule has 5 heteroatoms. The first kappa shape index (κ1) is 16.0. The fraction of sp³-hybridized carbons (Fsp3) is 0.250. The molecule has 112 valence electrons. The highest BCUT2D eigenvalue weighted by Crippen LogP contribution is 2.30. The number of nitrogens with one attached hydrogen (secondary N) is 1. The lowest BCUT2D eigenvalue weighted by Gasteiger charge is -2.12. The molecule has 21 heavy (non-hydrogen) atoms. The molecule has 2 rings (SSSR count). The van der Waals surface area contributed by atoms with E-state index in [1.165, 1.54) is 0 Å². The Morgan fingerprint density at radius 1 is 1.14 bits per heavy atom. The normalized spacial score (nSPS) is 10.3. The van der Waals surface area contributed by atoms with Crippen molar-refractivity contribution in [3.8, 4) is 11.5 Å². The first-order valence-corrected chi connectivity index (χ1v) is 7.79. The van der Waals surface area contributed by atoms with Crippen molar-refractivity contribution < 1.29 is 9.47 Å². The second-order valence-electron chi connectivity index (χ2n) is 4.40. The predicted molar refractivity (Wildman–Crippen MR) is 90.6 cm³/mol. The van der Waals surface area contributed by atoms with E-state index in [1.54, 1.807) is 7.11 Å². The first-order valence-electron chi connectivity index (χ1n) is 6.62. The van der Waals surface area contributed by atoms with Crippen LogP contribution in [0.15, 0.2) is 40.9 Å². The van der Waals surface area contributed by atoms with Crippen molar-refractivity contribution in [2.75, 3.05) is 19.0 Å². The van der Waals surface area contributed by atoms with E-state index in [9.17, 15) is 0 Å². The summed E-state index contributed by atoms with van der Waals surface area (Å²) in [5, 5.41) is 4.07. The molecule has 0 amide bonds. The largest absolute Gasteiger partial charge is 0.493 e. The molecule has 3 nitrogen and oxygen atoms in total. The number of ether oxygens (including phenoxy) is 2. The topological polar surface area (TPSA) is 30.5 Å². The number of hydrogen-bond donors (Lipinski definition) is 1. The summed E-state index contributed by atoms with van der Waals surface area (Å²) in [6.07, 6.45) is 0. The Hall–Kier alpha value is -1.39. The number of anilines is 1. The van der Waals surface area contributed by atoms with Crippen LogP contribution >= 0.6 is 27.5 Å². The van der Waals surface area contributed by atoms with Crippen molar-refractivity contribution in [2.24, 2.45) is 0 Å². The molecule has 0 bridgehead atoms. The SMILES string of the molecule is CCOc1cc(NCc2ccc(Cl)c(Br)c2)ccc1OC. The summed E-state index contributed by atoms with van der Waals surface area (Å²) in [7, 11) is 1.64. The van der Waals surface area contributed by atoms with Crippen LogP contribution in [0.5, 0.6) is 11.5 Å². The second kappa shape index (κ2) is 7.57. The zero-order valence-corrected chi connectivity index (χ0v) is 14.3. The lowest BCUT2D eigenvalue weighted by Crippen LogP contribution is -2.01. The molecule has 0 aromatic heterocycles. The second-order valence-corrected chi connectivity index (χ2v) is 5.66. The van der Waals surface area contributed by atoms with Gasteiger partial charge in [0.15, 0.2) is 11.5 Å². The van der Waals surface area contributed by atoms with Crippen LogP contribution in [0.1, 0.15) is 12.5 Å². The maximum atomic E-state index is 5.99. The fourth-order valence-corrected chi connectivity index (χ4v) is 2.45. The standard InChI is InChI=1S/C16H17BrClNO2/c1-3-21-16-9-12(5-7-15(16)20-2)19-10-11-4-6-14(18)13(17)8-11/h4-9,19H,3,10H2,1-2H3. The molecule has 1 N–H and O–H groups in total. The lowest BCUT2D eigenvalue weighted by atomic mass is 10.2. The Balaban J connectivity index is 2.08. The Morgan fingerprint density at radius 3 is 2.62 bits per heavy atom. The van der Waals surface area contributed by atoms with Crippen LogP contribution in [-0.4, -0.2) is 13.7 Å². The molecule has 0 aliphatic rings. The summed E-state index contributed by atoms with van der Waals surface area (Å²) in [5.74, 6) is 1.47. The minimum Gasteiger partial charge on any atom is -0.493 e. The quantitative estimate of drug-likeness (QED) is 0.765. The van der Waals surface area contributed by atoms with E-state index in [0.717, 1.165) is 27.2 Å². The van der Waals surface area contributed by atoms with Gasteiger partial charge >= 0.3 is 0 Å². The molecule has 2 aromatic rings.